The van der Waals surface area contributed by atoms with E-state index in [1.807, 2.05) is 42.5 Å². The zero-order chi connectivity index (χ0) is 19.1. The molecule has 3 rings (SSSR count). The molecular weight excluding hydrogens is 332 g/mol. The maximum atomic E-state index is 6.16. The highest BCUT2D eigenvalue weighted by molar-refractivity contribution is 5.85. The second-order valence-electron chi connectivity index (χ2n) is 6.52. The minimum atomic E-state index is 0.611. The smallest absolute Gasteiger partial charge is 0.0640 e. The van der Waals surface area contributed by atoms with Crippen LogP contribution in [0.5, 0.6) is 0 Å². The summed E-state index contributed by atoms with van der Waals surface area (Å²) in [6.07, 6.45) is 5.18. The van der Waals surface area contributed by atoms with Gasteiger partial charge in [0.2, 0.25) is 0 Å². The van der Waals surface area contributed by atoms with Gasteiger partial charge in [0.05, 0.1) is 22.7 Å². The molecule has 0 heterocycles. The summed E-state index contributed by atoms with van der Waals surface area (Å²) in [4.78, 5) is 0. The van der Waals surface area contributed by atoms with Crippen LogP contribution in [0.3, 0.4) is 0 Å². The highest BCUT2D eigenvalue weighted by Gasteiger charge is 2.07. The second kappa shape index (κ2) is 8.81. The van der Waals surface area contributed by atoms with Gasteiger partial charge in [0.25, 0.3) is 0 Å². The highest BCUT2D eigenvalue weighted by atomic mass is 14.9. The number of rotatable bonds is 8. The van der Waals surface area contributed by atoms with Gasteiger partial charge in [-0.2, -0.15) is 0 Å². The maximum absolute atomic E-state index is 6.16. The monoisotopic (exact) mass is 358 g/mol. The van der Waals surface area contributed by atoms with Crippen molar-refractivity contribution in [3.05, 3.63) is 84.9 Å². The van der Waals surface area contributed by atoms with Crippen molar-refractivity contribution in [2.45, 2.75) is 19.3 Å². The van der Waals surface area contributed by atoms with Crippen molar-refractivity contribution < 1.29 is 0 Å². The summed E-state index contributed by atoms with van der Waals surface area (Å²) in [6.45, 7) is 3.76. The van der Waals surface area contributed by atoms with Crippen molar-refractivity contribution in [1.29, 1.82) is 0 Å². The average Bonchev–Trinajstić information content (AvgIpc) is 2.68. The second-order valence-corrected chi connectivity index (χ2v) is 6.52. The molecule has 0 amide bonds. The summed E-state index contributed by atoms with van der Waals surface area (Å²) in [5.41, 5.74) is 18.4. The summed E-state index contributed by atoms with van der Waals surface area (Å²) in [5, 5.41) is 6.72. The molecule has 0 aliphatic heterocycles. The van der Waals surface area contributed by atoms with Crippen LogP contribution in [0.15, 0.2) is 79.4 Å². The van der Waals surface area contributed by atoms with Crippen LogP contribution in [0.4, 0.5) is 34.1 Å². The molecule has 0 atom stereocenters. The third-order valence-corrected chi connectivity index (χ3v) is 4.38. The largest absolute Gasteiger partial charge is 0.397 e. The van der Waals surface area contributed by atoms with Crippen molar-refractivity contribution in [2.75, 3.05) is 22.1 Å². The molecule has 138 valence electrons. The number of unbranched alkanes of at least 4 members (excludes halogenated alkanes) is 1. The SMILES string of the molecule is C=CCCCc1ccc(Nc2cc(Nc3ccccc3)c(N)cc2N)cc1. The molecule has 0 radical (unpaired) electrons. The first kappa shape index (κ1) is 18.4. The fourth-order valence-electron chi connectivity index (χ4n) is 2.89. The molecule has 0 bridgehead atoms. The predicted molar refractivity (Wildman–Crippen MR) is 118 cm³/mol. The van der Waals surface area contributed by atoms with Crippen molar-refractivity contribution in [3.8, 4) is 0 Å². The first-order valence-electron chi connectivity index (χ1n) is 9.13. The number of para-hydroxylation sites is 1. The lowest BCUT2D eigenvalue weighted by Crippen LogP contribution is -2.02. The van der Waals surface area contributed by atoms with Gasteiger partial charge in [-0.3, -0.25) is 0 Å². The molecular formula is C23H26N4. The molecule has 0 spiro atoms. The van der Waals surface area contributed by atoms with E-state index in [2.05, 4.69) is 41.5 Å². The molecule has 0 aliphatic rings. The Morgan fingerprint density at radius 3 is 1.96 bits per heavy atom. The van der Waals surface area contributed by atoms with Gasteiger partial charge in [0.1, 0.15) is 0 Å². The number of nitrogen functional groups attached to an aromatic ring is 2. The molecule has 0 aromatic heterocycles. The standard InChI is InChI=1S/C23H26N4/c1-2-3-5-8-17-11-13-19(14-12-17)27-23-16-22(20(24)15-21(23)25)26-18-9-6-4-7-10-18/h2,4,6-7,9-16,26-27H,1,3,5,8,24-25H2. The normalized spacial score (nSPS) is 10.4. The number of aryl methyl sites for hydroxylation is 1. The molecule has 4 nitrogen and oxygen atoms in total. The average molecular weight is 358 g/mol. The number of nitrogens with two attached hydrogens (primary N) is 2. The van der Waals surface area contributed by atoms with E-state index in [1.54, 1.807) is 6.07 Å². The fourth-order valence-corrected chi connectivity index (χ4v) is 2.89. The van der Waals surface area contributed by atoms with Crippen LogP contribution in [0, 0.1) is 0 Å². The Morgan fingerprint density at radius 2 is 1.37 bits per heavy atom. The zero-order valence-corrected chi connectivity index (χ0v) is 15.4. The molecule has 0 saturated heterocycles. The van der Waals surface area contributed by atoms with Gasteiger partial charge in [-0.15, -0.1) is 6.58 Å². The van der Waals surface area contributed by atoms with Crippen LogP contribution < -0.4 is 22.1 Å². The van der Waals surface area contributed by atoms with E-state index in [9.17, 15) is 0 Å². The Kier molecular flexibility index (Phi) is 6.00. The zero-order valence-electron chi connectivity index (χ0n) is 15.4. The molecule has 3 aromatic carbocycles. The summed E-state index contributed by atoms with van der Waals surface area (Å²) < 4.78 is 0. The molecule has 6 N–H and O–H groups in total. The Balaban J connectivity index is 1.74. The molecule has 4 heteroatoms. The van der Waals surface area contributed by atoms with Gasteiger partial charge in [0, 0.05) is 11.4 Å². The Morgan fingerprint density at radius 1 is 0.778 bits per heavy atom. The molecule has 0 saturated carbocycles. The van der Waals surface area contributed by atoms with Gasteiger partial charge in [0.15, 0.2) is 0 Å². The van der Waals surface area contributed by atoms with E-state index in [-0.39, 0.29) is 0 Å². The van der Waals surface area contributed by atoms with Crippen LogP contribution in [0.25, 0.3) is 0 Å². The van der Waals surface area contributed by atoms with Crippen LogP contribution in [0.1, 0.15) is 18.4 Å². The van der Waals surface area contributed by atoms with Crippen molar-refractivity contribution in [1.82, 2.24) is 0 Å². The van der Waals surface area contributed by atoms with Gasteiger partial charge >= 0.3 is 0 Å². The number of anilines is 6. The van der Waals surface area contributed by atoms with Gasteiger partial charge in [-0.25, -0.2) is 0 Å². The number of nitrogens with one attached hydrogen (secondary N) is 2. The van der Waals surface area contributed by atoms with E-state index < -0.39 is 0 Å². The lowest BCUT2D eigenvalue weighted by molar-refractivity contribution is 0.844. The highest BCUT2D eigenvalue weighted by Crippen LogP contribution is 2.33. The predicted octanol–water partition coefficient (Wildman–Crippen LogP) is 5.85. The van der Waals surface area contributed by atoms with E-state index in [0.717, 1.165) is 42.0 Å². The number of hydrogen-bond donors (Lipinski definition) is 4. The third-order valence-electron chi connectivity index (χ3n) is 4.38. The number of allylic oxidation sites excluding steroid dienone is 1. The molecule has 3 aromatic rings. The lowest BCUT2D eigenvalue weighted by Gasteiger charge is -2.15. The first-order chi connectivity index (χ1) is 13.2. The third kappa shape index (κ3) is 5.05. The lowest BCUT2D eigenvalue weighted by atomic mass is 10.1. The number of benzene rings is 3. The van der Waals surface area contributed by atoms with Crippen molar-refractivity contribution in [2.24, 2.45) is 0 Å². The van der Waals surface area contributed by atoms with Crippen LogP contribution in [0.2, 0.25) is 0 Å². The fraction of sp³-hybridized carbons (Fsp3) is 0.130. The summed E-state index contributed by atoms with van der Waals surface area (Å²) in [6, 6.07) is 22.1. The summed E-state index contributed by atoms with van der Waals surface area (Å²) in [5.74, 6) is 0. The van der Waals surface area contributed by atoms with E-state index in [1.165, 1.54) is 5.56 Å². The van der Waals surface area contributed by atoms with Gasteiger partial charge in [-0.1, -0.05) is 36.4 Å². The topological polar surface area (TPSA) is 76.1 Å². The van der Waals surface area contributed by atoms with Gasteiger partial charge < -0.3 is 22.1 Å². The quantitative estimate of drug-likeness (QED) is 0.231. The van der Waals surface area contributed by atoms with E-state index >= 15 is 0 Å². The first-order valence-corrected chi connectivity index (χ1v) is 9.13. The van der Waals surface area contributed by atoms with E-state index in [0.29, 0.717) is 11.4 Å². The summed E-state index contributed by atoms with van der Waals surface area (Å²) >= 11 is 0. The molecule has 0 aliphatic carbocycles. The van der Waals surface area contributed by atoms with Crippen molar-refractivity contribution >= 4 is 34.1 Å². The maximum Gasteiger partial charge on any atom is 0.0640 e. The molecule has 27 heavy (non-hydrogen) atoms. The molecule has 0 unspecified atom stereocenters. The minimum Gasteiger partial charge on any atom is -0.397 e. The van der Waals surface area contributed by atoms with Crippen LogP contribution in [-0.2, 0) is 6.42 Å². The summed E-state index contributed by atoms with van der Waals surface area (Å²) in [7, 11) is 0. The van der Waals surface area contributed by atoms with Gasteiger partial charge in [-0.05, 0) is 61.2 Å². The minimum absolute atomic E-state index is 0.611. The van der Waals surface area contributed by atoms with Crippen molar-refractivity contribution in [3.63, 3.8) is 0 Å². The Labute approximate surface area is 160 Å². The Bertz CT molecular complexity index is 886. The van der Waals surface area contributed by atoms with Crippen LogP contribution in [-0.4, -0.2) is 0 Å². The van der Waals surface area contributed by atoms with Crippen LogP contribution >= 0.6 is 0 Å². The molecule has 0 fully saturated rings. The number of hydrogen-bond acceptors (Lipinski definition) is 4. The Hall–Kier alpha value is -3.40. The van der Waals surface area contributed by atoms with E-state index in [4.69, 9.17) is 11.5 Å².